The van der Waals surface area contributed by atoms with Crippen molar-refractivity contribution in [1.82, 2.24) is 0 Å². The zero-order valence-corrected chi connectivity index (χ0v) is 7.13. The number of carbonyl (C=O) groups excluding carboxylic acids is 2. The summed E-state index contributed by atoms with van der Waals surface area (Å²) in [5, 5.41) is 0. The monoisotopic (exact) mass is 162 g/mol. The molecule has 2 nitrogen and oxygen atoms in total. The Balaban J connectivity index is 3.30. The van der Waals surface area contributed by atoms with Crippen LogP contribution in [0.5, 0.6) is 0 Å². The summed E-state index contributed by atoms with van der Waals surface area (Å²) in [5.41, 5.74) is 2.24. The first kappa shape index (κ1) is 8.65. The zero-order chi connectivity index (χ0) is 9.14. The van der Waals surface area contributed by atoms with Crippen LogP contribution >= 0.6 is 0 Å². The first-order valence-corrected chi connectivity index (χ1v) is 3.72. The first-order valence-electron chi connectivity index (χ1n) is 3.72. The third-order valence-corrected chi connectivity index (χ3v) is 1.83. The molecule has 0 fully saturated rings. The number of carbonyl (C=O) groups is 2. The van der Waals surface area contributed by atoms with Crippen LogP contribution in [0.1, 0.15) is 21.5 Å². The third-order valence-electron chi connectivity index (χ3n) is 1.83. The van der Waals surface area contributed by atoms with E-state index in [0.29, 0.717) is 11.8 Å². The van der Waals surface area contributed by atoms with E-state index < -0.39 is 5.78 Å². The molecule has 2 heteroatoms. The van der Waals surface area contributed by atoms with Gasteiger partial charge in [0.05, 0.1) is 0 Å². The fraction of sp³-hybridized carbons (Fsp3) is 0.200. The van der Waals surface area contributed by atoms with Crippen LogP contribution in [0.2, 0.25) is 0 Å². The molecule has 62 valence electrons. The molecule has 0 unspecified atom stereocenters. The van der Waals surface area contributed by atoms with Gasteiger partial charge >= 0.3 is 0 Å². The molecule has 0 aromatic heterocycles. The highest BCUT2D eigenvalue weighted by molar-refractivity contribution is 6.34. The highest BCUT2D eigenvalue weighted by Crippen LogP contribution is 2.12. The molecule has 0 N–H and O–H groups in total. The molecule has 0 amide bonds. The second-order valence-electron chi connectivity index (χ2n) is 2.75. The van der Waals surface area contributed by atoms with Crippen molar-refractivity contribution in [3.63, 3.8) is 0 Å². The Morgan fingerprint density at radius 1 is 1.25 bits per heavy atom. The van der Waals surface area contributed by atoms with Crippen LogP contribution in [0.25, 0.3) is 0 Å². The van der Waals surface area contributed by atoms with E-state index in [4.69, 9.17) is 0 Å². The lowest BCUT2D eigenvalue weighted by Gasteiger charge is -2.03. The summed E-state index contributed by atoms with van der Waals surface area (Å²) in [5.74, 6) is -0.439. The molecule has 0 aliphatic heterocycles. The maximum Gasteiger partial charge on any atom is 0.225 e. The predicted octanol–water partition coefficient (Wildman–Crippen LogP) is 1.69. The summed E-state index contributed by atoms with van der Waals surface area (Å²) in [6, 6.07) is 5.51. The van der Waals surface area contributed by atoms with Crippen LogP contribution in [-0.4, -0.2) is 12.1 Å². The lowest BCUT2D eigenvalue weighted by atomic mass is 10.00. The number of hydrogen-bond donors (Lipinski definition) is 0. The van der Waals surface area contributed by atoms with Gasteiger partial charge in [0.1, 0.15) is 0 Å². The maximum absolute atomic E-state index is 11.1. The Kier molecular flexibility index (Phi) is 2.38. The molecule has 0 bridgehead atoms. The van der Waals surface area contributed by atoms with Crippen molar-refractivity contribution in [2.75, 3.05) is 0 Å². The van der Waals surface area contributed by atoms with Gasteiger partial charge in [-0.15, -0.1) is 0 Å². The van der Waals surface area contributed by atoms with E-state index in [1.54, 1.807) is 0 Å². The lowest BCUT2D eigenvalue weighted by molar-refractivity contribution is -0.104. The minimum atomic E-state index is -0.439. The van der Waals surface area contributed by atoms with E-state index in [1.807, 2.05) is 32.0 Å². The van der Waals surface area contributed by atoms with Gasteiger partial charge in [0.25, 0.3) is 0 Å². The average molecular weight is 162 g/mol. The van der Waals surface area contributed by atoms with Crippen LogP contribution < -0.4 is 0 Å². The number of ketones is 1. The van der Waals surface area contributed by atoms with Crippen LogP contribution in [-0.2, 0) is 4.79 Å². The number of rotatable bonds is 2. The maximum atomic E-state index is 11.1. The average Bonchev–Trinajstić information content (AvgIpc) is 2.03. The van der Waals surface area contributed by atoms with Crippen molar-refractivity contribution in [2.24, 2.45) is 0 Å². The summed E-state index contributed by atoms with van der Waals surface area (Å²) in [6.45, 7) is 3.65. The molecule has 0 aliphatic carbocycles. The molecule has 0 saturated heterocycles. The summed E-state index contributed by atoms with van der Waals surface area (Å²) < 4.78 is 0. The Bertz CT molecular complexity index is 306. The van der Waals surface area contributed by atoms with Crippen molar-refractivity contribution in [2.45, 2.75) is 13.8 Å². The van der Waals surface area contributed by atoms with Gasteiger partial charge in [-0.05, 0) is 25.0 Å². The zero-order valence-electron chi connectivity index (χ0n) is 7.13. The van der Waals surface area contributed by atoms with Crippen molar-refractivity contribution >= 4 is 12.1 Å². The summed E-state index contributed by atoms with van der Waals surface area (Å²) in [4.78, 5) is 21.3. The molecule has 0 atom stereocenters. The Morgan fingerprint density at radius 3 is 2.17 bits per heavy atom. The van der Waals surface area contributed by atoms with Crippen LogP contribution in [0, 0.1) is 13.8 Å². The van der Waals surface area contributed by atoms with E-state index in [0.717, 1.165) is 11.1 Å². The smallest absolute Gasteiger partial charge is 0.225 e. The predicted molar refractivity (Wildman–Crippen MR) is 46.3 cm³/mol. The number of aryl methyl sites for hydroxylation is 2. The minimum absolute atomic E-state index is 0.356. The van der Waals surface area contributed by atoms with Gasteiger partial charge in [-0.1, -0.05) is 18.2 Å². The van der Waals surface area contributed by atoms with Crippen molar-refractivity contribution in [3.05, 3.63) is 34.9 Å². The number of Topliss-reactive ketones (excluding diaryl/α,β-unsaturated/α-hetero) is 1. The van der Waals surface area contributed by atoms with Crippen LogP contribution in [0.15, 0.2) is 18.2 Å². The van der Waals surface area contributed by atoms with Gasteiger partial charge in [0.2, 0.25) is 5.78 Å². The van der Waals surface area contributed by atoms with Gasteiger partial charge in [-0.3, -0.25) is 9.59 Å². The quantitative estimate of drug-likeness (QED) is 0.376. The van der Waals surface area contributed by atoms with Crippen molar-refractivity contribution in [3.8, 4) is 0 Å². The summed E-state index contributed by atoms with van der Waals surface area (Å²) >= 11 is 0. The van der Waals surface area contributed by atoms with Gasteiger partial charge in [-0.2, -0.15) is 0 Å². The molecule has 0 spiro atoms. The molecular weight excluding hydrogens is 152 g/mol. The first-order chi connectivity index (χ1) is 5.66. The second-order valence-corrected chi connectivity index (χ2v) is 2.75. The van der Waals surface area contributed by atoms with Gasteiger partial charge in [0.15, 0.2) is 6.29 Å². The van der Waals surface area contributed by atoms with E-state index in [1.165, 1.54) is 0 Å². The third kappa shape index (κ3) is 1.42. The normalized spacial score (nSPS) is 9.50. The summed E-state index contributed by atoms with van der Waals surface area (Å²) in [6.07, 6.45) is 0.356. The molecular formula is C10H10O2. The minimum Gasteiger partial charge on any atom is -0.294 e. The molecule has 1 aromatic carbocycles. The fourth-order valence-corrected chi connectivity index (χ4v) is 1.26. The topological polar surface area (TPSA) is 34.1 Å². The number of hydrogen-bond acceptors (Lipinski definition) is 2. The van der Waals surface area contributed by atoms with Gasteiger partial charge < -0.3 is 0 Å². The molecule has 0 heterocycles. The van der Waals surface area contributed by atoms with Crippen LogP contribution in [0.3, 0.4) is 0 Å². The largest absolute Gasteiger partial charge is 0.294 e. The van der Waals surface area contributed by atoms with E-state index in [9.17, 15) is 9.59 Å². The molecule has 0 aliphatic rings. The van der Waals surface area contributed by atoms with E-state index in [-0.39, 0.29) is 0 Å². The summed E-state index contributed by atoms with van der Waals surface area (Å²) in [7, 11) is 0. The fourth-order valence-electron chi connectivity index (χ4n) is 1.26. The molecule has 1 aromatic rings. The molecule has 1 rings (SSSR count). The highest BCUT2D eigenvalue weighted by atomic mass is 16.2. The number of benzene rings is 1. The van der Waals surface area contributed by atoms with Crippen molar-refractivity contribution in [1.29, 1.82) is 0 Å². The van der Waals surface area contributed by atoms with Crippen LogP contribution in [0.4, 0.5) is 0 Å². The van der Waals surface area contributed by atoms with Crippen molar-refractivity contribution < 1.29 is 9.59 Å². The highest BCUT2D eigenvalue weighted by Gasteiger charge is 2.09. The van der Waals surface area contributed by atoms with Gasteiger partial charge in [0, 0.05) is 5.56 Å². The SMILES string of the molecule is Cc1cccc(C)c1C(=O)C=O. The van der Waals surface area contributed by atoms with E-state index in [2.05, 4.69) is 0 Å². The van der Waals surface area contributed by atoms with Gasteiger partial charge in [-0.25, -0.2) is 0 Å². The molecule has 12 heavy (non-hydrogen) atoms. The Morgan fingerprint density at radius 2 is 1.75 bits per heavy atom. The Hall–Kier alpha value is -1.44. The second kappa shape index (κ2) is 3.30. The Labute approximate surface area is 71.2 Å². The number of aldehydes is 1. The lowest BCUT2D eigenvalue weighted by Crippen LogP contribution is -2.04. The molecule has 0 saturated carbocycles. The standard InChI is InChI=1S/C10H10O2/c1-7-4-3-5-8(2)10(7)9(12)6-11/h3-6H,1-2H3. The van der Waals surface area contributed by atoms with E-state index >= 15 is 0 Å². The molecule has 0 radical (unpaired) electrons.